The molecule has 0 saturated heterocycles. The number of nitrogens with two attached hydrogens (primary N) is 1. The van der Waals surface area contributed by atoms with Gasteiger partial charge in [0.2, 0.25) is 5.91 Å². The van der Waals surface area contributed by atoms with E-state index < -0.39 is 21.7 Å². The zero-order chi connectivity index (χ0) is 24.9. The molecule has 0 unspecified atom stereocenters. The summed E-state index contributed by atoms with van der Waals surface area (Å²) in [6.07, 6.45) is 0.355. The average Bonchev–Trinajstić information content (AvgIpc) is 2.79. The van der Waals surface area contributed by atoms with Crippen molar-refractivity contribution in [2.45, 2.75) is 31.2 Å². The molecule has 0 atom stereocenters. The molecule has 0 aromatic heterocycles. The molecule has 0 heterocycles. The Labute approximate surface area is 197 Å². The zero-order valence-corrected chi connectivity index (χ0v) is 19.5. The number of nitrogen functional groups attached to an aromatic ring is 1. The maximum absolute atomic E-state index is 13.7. The van der Waals surface area contributed by atoms with E-state index >= 15 is 0 Å². The van der Waals surface area contributed by atoms with Crippen molar-refractivity contribution in [1.29, 1.82) is 0 Å². The van der Waals surface area contributed by atoms with Gasteiger partial charge in [-0.15, -0.1) is 0 Å². The van der Waals surface area contributed by atoms with Crippen molar-refractivity contribution in [3.8, 4) is 5.75 Å². The summed E-state index contributed by atoms with van der Waals surface area (Å²) in [6, 6.07) is 12.4. The normalized spacial score (nSPS) is 11.2. The minimum absolute atomic E-state index is 0.0495. The van der Waals surface area contributed by atoms with E-state index in [2.05, 4.69) is 10.0 Å². The SMILES string of the molecule is COc1cc(CCC(=O)NCc2cc(F)ccc2F)ccc1S(=O)(=O)Nc1ccc(N)cc1C. The molecular weight excluding hydrogens is 464 g/mol. The number of sulfonamides is 1. The molecule has 0 spiro atoms. The van der Waals surface area contributed by atoms with Crippen LogP contribution in [0.3, 0.4) is 0 Å². The quantitative estimate of drug-likeness (QED) is 0.395. The molecule has 0 radical (unpaired) electrons. The van der Waals surface area contributed by atoms with E-state index in [9.17, 15) is 22.0 Å². The number of ether oxygens (including phenoxy) is 1. The topological polar surface area (TPSA) is 111 Å². The molecule has 0 bridgehead atoms. The second-order valence-corrected chi connectivity index (χ2v) is 9.33. The number of amides is 1. The molecule has 10 heteroatoms. The maximum Gasteiger partial charge on any atom is 0.265 e. The predicted octanol–water partition coefficient (Wildman–Crippen LogP) is 3.91. The van der Waals surface area contributed by atoms with Gasteiger partial charge >= 0.3 is 0 Å². The molecule has 34 heavy (non-hydrogen) atoms. The highest BCUT2D eigenvalue weighted by Gasteiger charge is 2.21. The third-order valence-corrected chi connectivity index (χ3v) is 6.54. The molecule has 4 N–H and O–H groups in total. The molecule has 7 nitrogen and oxygen atoms in total. The first kappa shape index (κ1) is 25.0. The van der Waals surface area contributed by atoms with Crippen LogP contribution in [0.2, 0.25) is 0 Å². The van der Waals surface area contributed by atoms with E-state index in [1.165, 1.54) is 13.2 Å². The molecular formula is C24H25F2N3O4S. The Morgan fingerprint density at radius 2 is 1.82 bits per heavy atom. The minimum atomic E-state index is -3.95. The second-order valence-electron chi connectivity index (χ2n) is 7.68. The number of hydrogen-bond donors (Lipinski definition) is 3. The van der Waals surface area contributed by atoms with Crippen LogP contribution in [-0.2, 0) is 27.8 Å². The van der Waals surface area contributed by atoms with E-state index in [4.69, 9.17) is 10.5 Å². The first-order chi connectivity index (χ1) is 16.1. The summed E-state index contributed by atoms with van der Waals surface area (Å²) >= 11 is 0. The molecule has 0 saturated carbocycles. The molecule has 1 amide bonds. The molecule has 3 rings (SSSR count). The van der Waals surface area contributed by atoms with E-state index in [0.29, 0.717) is 28.9 Å². The number of halogens is 2. The van der Waals surface area contributed by atoms with E-state index in [0.717, 1.165) is 18.2 Å². The lowest BCUT2D eigenvalue weighted by atomic mass is 10.1. The summed E-state index contributed by atoms with van der Waals surface area (Å²) in [5.41, 5.74) is 8.03. The molecule has 180 valence electrons. The zero-order valence-electron chi connectivity index (χ0n) is 18.7. The van der Waals surface area contributed by atoms with Crippen molar-refractivity contribution in [3.63, 3.8) is 0 Å². The van der Waals surface area contributed by atoms with Crippen molar-refractivity contribution in [2.75, 3.05) is 17.6 Å². The molecule has 0 aliphatic carbocycles. The predicted molar refractivity (Wildman–Crippen MR) is 126 cm³/mol. The maximum atomic E-state index is 13.7. The molecule has 0 fully saturated rings. The fraction of sp³-hybridized carbons (Fsp3) is 0.208. The molecule has 3 aromatic rings. The standard InChI is InChI=1S/C24H25F2N3O4S/c1-15-11-19(27)6-8-21(15)29-34(31,32)23-9-3-16(12-22(23)33-2)4-10-24(30)28-14-17-13-18(25)5-7-20(17)26/h3,5-9,11-13,29H,4,10,14,27H2,1-2H3,(H,28,30). The lowest BCUT2D eigenvalue weighted by molar-refractivity contribution is -0.121. The molecule has 3 aromatic carbocycles. The Morgan fingerprint density at radius 3 is 2.53 bits per heavy atom. The number of carbonyl (C=O) groups excluding carboxylic acids is 1. The van der Waals surface area contributed by atoms with E-state index in [1.54, 1.807) is 37.3 Å². The number of methoxy groups -OCH3 is 1. The lowest BCUT2D eigenvalue weighted by Crippen LogP contribution is -2.23. The average molecular weight is 490 g/mol. The van der Waals surface area contributed by atoms with Crippen molar-refractivity contribution in [1.82, 2.24) is 5.32 Å². The number of anilines is 2. The van der Waals surface area contributed by atoms with E-state index in [1.807, 2.05) is 0 Å². The highest BCUT2D eigenvalue weighted by atomic mass is 32.2. The van der Waals surface area contributed by atoms with Crippen LogP contribution in [0, 0.1) is 18.6 Å². The van der Waals surface area contributed by atoms with Crippen LogP contribution in [0.15, 0.2) is 59.5 Å². The van der Waals surface area contributed by atoms with Gasteiger partial charge in [0.05, 0.1) is 12.8 Å². The van der Waals surface area contributed by atoms with Gasteiger partial charge < -0.3 is 15.8 Å². The molecule has 0 aliphatic heterocycles. The summed E-state index contributed by atoms with van der Waals surface area (Å²) < 4.78 is 60.6. The molecule has 0 aliphatic rings. The Kier molecular flexibility index (Phi) is 7.72. The Balaban J connectivity index is 1.66. The number of rotatable bonds is 9. The number of nitrogens with one attached hydrogen (secondary N) is 2. The number of carbonyl (C=O) groups is 1. The fourth-order valence-electron chi connectivity index (χ4n) is 3.31. The first-order valence-electron chi connectivity index (χ1n) is 10.4. The van der Waals surface area contributed by atoms with Gasteiger partial charge in [-0.3, -0.25) is 9.52 Å². The minimum Gasteiger partial charge on any atom is -0.495 e. The van der Waals surface area contributed by atoms with Gasteiger partial charge in [0.1, 0.15) is 22.3 Å². The Morgan fingerprint density at radius 1 is 1.06 bits per heavy atom. The van der Waals surface area contributed by atoms with E-state index in [-0.39, 0.29) is 35.1 Å². The van der Waals surface area contributed by atoms with Crippen LogP contribution in [0.25, 0.3) is 0 Å². The monoisotopic (exact) mass is 489 g/mol. The summed E-state index contributed by atoms with van der Waals surface area (Å²) in [5, 5.41) is 2.55. The smallest absolute Gasteiger partial charge is 0.265 e. The number of aryl methyl sites for hydroxylation is 2. The highest BCUT2D eigenvalue weighted by molar-refractivity contribution is 7.92. The van der Waals surface area contributed by atoms with Gasteiger partial charge in [-0.25, -0.2) is 17.2 Å². The van der Waals surface area contributed by atoms with Gasteiger partial charge in [0.25, 0.3) is 10.0 Å². The third-order valence-electron chi connectivity index (χ3n) is 5.14. The second kappa shape index (κ2) is 10.5. The number of benzene rings is 3. The number of hydrogen-bond acceptors (Lipinski definition) is 5. The van der Waals surface area contributed by atoms with Gasteiger partial charge in [-0.1, -0.05) is 6.07 Å². The largest absolute Gasteiger partial charge is 0.495 e. The van der Waals surface area contributed by atoms with Crippen LogP contribution >= 0.6 is 0 Å². The first-order valence-corrected chi connectivity index (χ1v) is 11.8. The van der Waals surface area contributed by atoms with Crippen LogP contribution in [0.1, 0.15) is 23.1 Å². The van der Waals surface area contributed by atoms with Crippen molar-refractivity contribution in [2.24, 2.45) is 0 Å². The van der Waals surface area contributed by atoms with Gasteiger partial charge in [0.15, 0.2) is 0 Å². The summed E-state index contributed by atoms with van der Waals surface area (Å²) in [6.45, 7) is 1.60. The summed E-state index contributed by atoms with van der Waals surface area (Å²) in [4.78, 5) is 12.1. The van der Waals surface area contributed by atoms with Crippen molar-refractivity contribution in [3.05, 3.63) is 82.9 Å². The van der Waals surface area contributed by atoms with Crippen LogP contribution in [-0.4, -0.2) is 21.4 Å². The van der Waals surface area contributed by atoms with Gasteiger partial charge in [-0.05, 0) is 73.0 Å². The van der Waals surface area contributed by atoms with Crippen molar-refractivity contribution < 1.29 is 26.7 Å². The summed E-state index contributed by atoms with van der Waals surface area (Å²) in [7, 11) is -2.59. The highest BCUT2D eigenvalue weighted by Crippen LogP contribution is 2.29. The Bertz CT molecular complexity index is 1310. The van der Waals surface area contributed by atoms with Crippen LogP contribution in [0.5, 0.6) is 5.75 Å². The lowest BCUT2D eigenvalue weighted by Gasteiger charge is -2.14. The Hall–Kier alpha value is -3.66. The van der Waals surface area contributed by atoms with Gasteiger partial charge in [0, 0.05) is 24.2 Å². The van der Waals surface area contributed by atoms with Crippen molar-refractivity contribution >= 4 is 27.3 Å². The third kappa shape index (κ3) is 6.22. The van der Waals surface area contributed by atoms with Crippen LogP contribution < -0.4 is 20.5 Å². The van der Waals surface area contributed by atoms with Crippen LogP contribution in [0.4, 0.5) is 20.2 Å². The van der Waals surface area contributed by atoms with Gasteiger partial charge in [-0.2, -0.15) is 0 Å². The summed E-state index contributed by atoms with van der Waals surface area (Å²) in [5.74, 6) is -1.43. The fourth-order valence-corrected chi connectivity index (χ4v) is 4.59.